The zero-order valence-electron chi connectivity index (χ0n) is 12.3. The first-order valence-corrected chi connectivity index (χ1v) is 7.53. The van der Waals surface area contributed by atoms with Crippen molar-refractivity contribution in [1.29, 1.82) is 0 Å². The molecule has 0 aromatic heterocycles. The van der Waals surface area contributed by atoms with Crippen LogP contribution in [0.5, 0.6) is 11.5 Å². The summed E-state index contributed by atoms with van der Waals surface area (Å²) >= 11 is 3.61. The maximum Gasteiger partial charge on any atom is 0.130 e. The molecule has 0 aliphatic carbocycles. The van der Waals surface area contributed by atoms with Crippen LogP contribution < -0.4 is 10.1 Å². The molecule has 2 nitrogen and oxygen atoms in total. The molecule has 0 bridgehead atoms. The van der Waals surface area contributed by atoms with Crippen LogP contribution in [0.3, 0.4) is 0 Å². The van der Waals surface area contributed by atoms with Crippen molar-refractivity contribution in [1.82, 2.24) is 5.32 Å². The summed E-state index contributed by atoms with van der Waals surface area (Å²) in [4.78, 5) is 0. The Bertz CT molecular complexity index is 610. The van der Waals surface area contributed by atoms with Crippen LogP contribution in [0.1, 0.15) is 29.7 Å². The van der Waals surface area contributed by atoms with Crippen LogP contribution in [-0.4, -0.2) is 7.05 Å². The van der Waals surface area contributed by atoms with E-state index in [1.54, 1.807) is 0 Å². The molecule has 0 fully saturated rings. The lowest BCUT2D eigenvalue weighted by atomic mass is 10.1. The predicted molar refractivity (Wildman–Crippen MR) is 87.6 cm³/mol. The molecular formula is C17H20BrNO. The van der Waals surface area contributed by atoms with Crippen LogP contribution in [0.25, 0.3) is 0 Å². The third-order valence-electron chi connectivity index (χ3n) is 3.65. The van der Waals surface area contributed by atoms with E-state index >= 15 is 0 Å². The Morgan fingerprint density at radius 1 is 1.15 bits per heavy atom. The van der Waals surface area contributed by atoms with Gasteiger partial charge in [0, 0.05) is 10.5 Å². The summed E-state index contributed by atoms with van der Waals surface area (Å²) in [6, 6.07) is 12.5. The second-order valence-corrected chi connectivity index (χ2v) is 5.85. The Hall–Kier alpha value is -1.32. The van der Waals surface area contributed by atoms with E-state index in [-0.39, 0.29) is 0 Å². The monoisotopic (exact) mass is 333 g/mol. The van der Waals surface area contributed by atoms with E-state index in [0.29, 0.717) is 6.04 Å². The largest absolute Gasteiger partial charge is 0.457 e. The van der Waals surface area contributed by atoms with E-state index in [0.717, 1.165) is 16.0 Å². The van der Waals surface area contributed by atoms with Crippen LogP contribution in [0.2, 0.25) is 0 Å². The number of ether oxygens (including phenoxy) is 1. The number of rotatable bonds is 4. The van der Waals surface area contributed by atoms with E-state index in [4.69, 9.17) is 4.74 Å². The summed E-state index contributed by atoms with van der Waals surface area (Å²) in [7, 11) is 1.96. The Morgan fingerprint density at radius 3 is 2.55 bits per heavy atom. The summed E-state index contributed by atoms with van der Waals surface area (Å²) in [6.45, 7) is 6.30. The SMILES string of the molecule is CNC(C)c1ccc(Oc2cccc(C)c2C)cc1Br. The number of nitrogens with one attached hydrogen (secondary N) is 1. The fourth-order valence-corrected chi connectivity index (χ4v) is 2.74. The number of benzene rings is 2. The van der Waals surface area contributed by atoms with Gasteiger partial charge in [0.15, 0.2) is 0 Å². The molecule has 106 valence electrons. The first-order chi connectivity index (χ1) is 9.52. The van der Waals surface area contributed by atoms with Gasteiger partial charge in [0.2, 0.25) is 0 Å². The van der Waals surface area contributed by atoms with E-state index in [1.165, 1.54) is 16.7 Å². The summed E-state index contributed by atoms with van der Waals surface area (Å²) in [6.07, 6.45) is 0. The number of hydrogen-bond acceptors (Lipinski definition) is 2. The van der Waals surface area contributed by atoms with Gasteiger partial charge in [0.05, 0.1) is 0 Å². The van der Waals surface area contributed by atoms with Gasteiger partial charge in [-0.15, -0.1) is 0 Å². The van der Waals surface area contributed by atoms with E-state index in [9.17, 15) is 0 Å². The summed E-state index contributed by atoms with van der Waals surface area (Å²) in [5.74, 6) is 1.75. The minimum absolute atomic E-state index is 0.305. The van der Waals surface area contributed by atoms with Crippen LogP contribution in [0, 0.1) is 13.8 Å². The number of hydrogen-bond donors (Lipinski definition) is 1. The molecule has 0 saturated carbocycles. The molecule has 0 saturated heterocycles. The maximum atomic E-state index is 5.99. The van der Waals surface area contributed by atoms with Crippen molar-refractivity contribution in [2.75, 3.05) is 7.05 Å². The zero-order chi connectivity index (χ0) is 14.7. The molecule has 1 atom stereocenters. The number of halogens is 1. The first-order valence-electron chi connectivity index (χ1n) is 6.73. The van der Waals surface area contributed by atoms with Gasteiger partial charge in [-0.05, 0) is 62.7 Å². The molecule has 2 aromatic carbocycles. The van der Waals surface area contributed by atoms with E-state index in [1.807, 2.05) is 31.3 Å². The van der Waals surface area contributed by atoms with Gasteiger partial charge in [0.25, 0.3) is 0 Å². The quantitative estimate of drug-likeness (QED) is 0.836. The van der Waals surface area contributed by atoms with Crippen molar-refractivity contribution >= 4 is 15.9 Å². The fourth-order valence-electron chi connectivity index (χ4n) is 2.04. The molecule has 1 N–H and O–H groups in total. The highest BCUT2D eigenvalue weighted by Crippen LogP contribution is 2.31. The Balaban J connectivity index is 2.27. The third-order valence-corrected chi connectivity index (χ3v) is 4.34. The lowest BCUT2D eigenvalue weighted by Gasteiger charge is -2.15. The topological polar surface area (TPSA) is 21.3 Å². The van der Waals surface area contributed by atoms with Crippen molar-refractivity contribution in [3.05, 3.63) is 57.6 Å². The molecule has 0 aliphatic heterocycles. The average Bonchev–Trinajstić information content (AvgIpc) is 2.43. The Labute approximate surface area is 129 Å². The second kappa shape index (κ2) is 6.42. The lowest BCUT2D eigenvalue weighted by molar-refractivity contribution is 0.477. The first kappa shape index (κ1) is 15.1. The van der Waals surface area contributed by atoms with E-state index in [2.05, 4.69) is 54.2 Å². The molecule has 3 heteroatoms. The highest BCUT2D eigenvalue weighted by Gasteiger charge is 2.09. The average molecular weight is 334 g/mol. The summed E-state index contributed by atoms with van der Waals surface area (Å²) < 4.78 is 7.05. The Morgan fingerprint density at radius 2 is 1.90 bits per heavy atom. The van der Waals surface area contributed by atoms with Gasteiger partial charge in [-0.1, -0.05) is 34.1 Å². The van der Waals surface area contributed by atoms with Crippen molar-refractivity contribution in [2.24, 2.45) is 0 Å². The fraction of sp³-hybridized carbons (Fsp3) is 0.294. The van der Waals surface area contributed by atoms with Gasteiger partial charge in [-0.2, -0.15) is 0 Å². The second-order valence-electron chi connectivity index (χ2n) is 4.99. The van der Waals surface area contributed by atoms with Crippen LogP contribution in [-0.2, 0) is 0 Å². The standard InChI is InChI=1S/C17H20BrNO/c1-11-6-5-7-17(12(11)2)20-14-8-9-15(13(3)19-4)16(18)10-14/h5-10,13,19H,1-4H3. The van der Waals surface area contributed by atoms with Gasteiger partial charge in [-0.3, -0.25) is 0 Å². The number of aryl methyl sites for hydroxylation is 1. The normalized spacial score (nSPS) is 12.2. The molecule has 0 aliphatic rings. The molecule has 0 radical (unpaired) electrons. The van der Waals surface area contributed by atoms with Gasteiger partial charge in [0.1, 0.15) is 11.5 Å². The predicted octanol–water partition coefficient (Wildman–Crippen LogP) is 5.14. The minimum Gasteiger partial charge on any atom is -0.457 e. The minimum atomic E-state index is 0.305. The lowest BCUT2D eigenvalue weighted by Crippen LogP contribution is -2.12. The molecule has 1 unspecified atom stereocenters. The third kappa shape index (κ3) is 3.22. The smallest absolute Gasteiger partial charge is 0.130 e. The van der Waals surface area contributed by atoms with Crippen LogP contribution in [0.15, 0.2) is 40.9 Å². The molecule has 2 rings (SSSR count). The maximum absolute atomic E-state index is 5.99. The van der Waals surface area contributed by atoms with Gasteiger partial charge < -0.3 is 10.1 Å². The van der Waals surface area contributed by atoms with Crippen molar-refractivity contribution in [3.8, 4) is 11.5 Å². The molecule has 2 aromatic rings. The van der Waals surface area contributed by atoms with Crippen LogP contribution in [0.4, 0.5) is 0 Å². The molecule has 20 heavy (non-hydrogen) atoms. The molecule has 0 heterocycles. The van der Waals surface area contributed by atoms with Gasteiger partial charge >= 0.3 is 0 Å². The highest BCUT2D eigenvalue weighted by molar-refractivity contribution is 9.10. The van der Waals surface area contributed by atoms with Crippen molar-refractivity contribution in [3.63, 3.8) is 0 Å². The van der Waals surface area contributed by atoms with Crippen molar-refractivity contribution < 1.29 is 4.74 Å². The molecule has 0 spiro atoms. The zero-order valence-corrected chi connectivity index (χ0v) is 13.9. The molecular weight excluding hydrogens is 314 g/mol. The van der Waals surface area contributed by atoms with Crippen molar-refractivity contribution in [2.45, 2.75) is 26.8 Å². The molecule has 0 amide bonds. The summed E-state index contributed by atoms with van der Waals surface area (Å²) in [5, 5.41) is 3.24. The van der Waals surface area contributed by atoms with Crippen LogP contribution >= 0.6 is 15.9 Å². The summed E-state index contributed by atoms with van der Waals surface area (Å²) in [5.41, 5.74) is 3.64. The highest BCUT2D eigenvalue weighted by atomic mass is 79.9. The van der Waals surface area contributed by atoms with E-state index < -0.39 is 0 Å². The van der Waals surface area contributed by atoms with Gasteiger partial charge in [-0.25, -0.2) is 0 Å². The Kier molecular flexibility index (Phi) is 4.84.